The molecule has 9 nitrogen and oxygen atoms in total. The van der Waals surface area contributed by atoms with Crippen molar-refractivity contribution >= 4 is 11.2 Å². The minimum atomic E-state index is -0.424. The number of fused-ring (bicyclic) bond motifs is 4. The minimum Gasteiger partial charge on any atom is -0.448 e. The molecule has 6 rings (SSSR count). The first kappa shape index (κ1) is 19.9. The van der Waals surface area contributed by atoms with Crippen LogP contribution in [0.25, 0.3) is 5.52 Å². The highest BCUT2D eigenvalue weighted by atomic mass is 19.1. The summed E-state index contributed by atoms with van der Waals surface area (Å²) < 4.78 is 23.6. The maximum atomic E-state index is 14.7. The van der Waals surface area contributed by atoms with Gasteiger partial charge in [0.25, 0.3) is 0 Å². The van der Waals surface area contributed by atoms with Crippen molar-refractivity contribution in [3.63, 3.8) is 0 Å². The second-order valence-electron chi connectivity index (χ2n) is 8.90. The lowest BCUT2D eigenvalue weighted by Gasteiger charge is -2.35. The Morgan fingerprint density at radius 1 is 1.24 bits per heavy atom. The van der Waals surface area contributed by atoms with Crippen molar-refractivity contribution in [2.45, 2.75) is 52.0 Å². The molecule has 4 aromatic heterocycles. The van der Waals surface area contributed by atoms with Crippen LogP contribution in [0.3, 0.4) is 0 Å². The molecule has 0 aromatic carbocycles. The summed E-state index contributed by atoms with van der Waals surface area (Å²) in [6.07, 6.45) is 5.33. The SMILES string of the molecule is C[C@@H]1CN(c2ccc(C#N)n3ncc(F)c23)Cc2c3c(nn21)CN(Cc1ncco1)[C@@H](C)C3. The van der Waals surface area contributed by atoms with Crippen LogP contribution < -0.4 is 4.90 Å². The third-order valence-electron chi connectivity index (χ3n) is 6.79. The van der Waals surface area contributed by atoms with E-state index in [1.807, 2.05) is 6.07 Å². The van der Waals surface area contributed by atoms with Crippen LogP contribution in [0.4, 0.5) is 10.1 Å². The van der Waals surface area contributed by atoms with Crippen LogP contribution in [-0.2, 0) is 26.1 Å². The van der Waals surface area contributed by atoms with Gasteiger partial charge in [-0.2, -0.15) is 15.5 Å². The Bertz CT molecular complexity index is 1380. The van der Waals surface area contributed by atoms with Gasteiger partial charge < -0.3 is 9.32 Å². The Morgan fingerprint density at radius 2 is 2.12 bits per heavy atom. The van der Waals surface area contributed by atoms with E-state index in [0.29, 0.717) is 42.8 Å². The second kappa shape index (κ2) is 7.42. The number of nitrogens with zero attached hydrogens (tertiary/aromatic N) is 8. The number of nitriles is 1. The first-order chi connectivity index (χ1) is 16.0. The molecule has 0 saturated carbocycles. The van der Waals surface area contributed by atoms with Gasteiger partial charge in [0.05, 0.1) is 48.6 Å². The predicted molar refractivity (Wildman–Crippen MR) is 117 cm³/mol. The number of rotatable bonds is 3. The fourth-order valence-corrected chi connectivity index (χ4v) is 5.15. The lowest BCUT2D eigenvalue weighted by Crippen LogP contribution is -2.39. The molecule has 0 N–H and O–H groups in total. The van der Waals surface area contributed by atoms with Crippen molar-refractivity contribution in [2.24, 2.45) is 0 Å². The molecule has 33 heavy (non-hydrogen) atoms. The molecule has 0 unspecified atom stereocenters. The Morgan fingerprint density at radius 3 is 2.91 bits per heavy atom. The number of hydrogen-bond acceptors (Lipinski definition) is 7. The maximum Gasteiger partial charge on any atom is 0.208 e. The average Bonchev–Trinajstić information content (AvgIpc) is 3.54. The standard InChI is InChI=1S/C23H23FN8O/c1-14-7-17-19(11-29(14)13-22-26-5-6-33-22)28-31-15(2)10-30(12-21(17)31)20-4-3-16(8-25)32-23(20)18(24)9-27-32/h3-6,9,14-15H,7,10-13H2,1-2H3/t14-,15+/m0/s1. The molecule has 2 aliphatic heterocycles. The molecule has 0 amide bonds. The highest BCUT2D eigenvalue weighted by molar-refractivity contribution is 5.75. The number of halogens is 1. The van der Waals surface area contributed by atoms with E-state index in [1.54, 1.807) is 18.5 Å². The van der Waals surface area contributed by atoms with Gasteiger partial charge in [0, 0.05) is 24.7 Å². The number of aromatic nitrogens is 5. The largest absolute Gasteiger partial charge is 0.448 e. The van der Waals surface area contributed by atoms with Gasteiger partial charge in [-0.1, -0.05) is 0 Å². The lowest BCUT2D eigenvalue weighted by atomic mass is 9.97. The van der Waals surface area contributed by atoms with Crippen LogP contribution in [0.1, 0.15) is 48.4 Å². The first-order valence-electron chi connectivity index (χ1n) is 11.1. The summed E-state index contributed by atoms with van der Waals surface area (Å²) in [4.78, 5) is 8.77. The summed E-state index contributed by atoms with van der Waals surface area (Å²) in [5.41, 5.74) is 4.93. The summed E-state index contributed by atoms with van der Waals surface area (Å²) >= 11 is 0. The van der Waals surface area contributed by atoms with Gasteiger partial charge in [0.15, 0.2) is 5.82 Å². The van der Waals surface area contributed by atoms with E-state index in [1.165, 1.54) is 22.0 Å². The third-order valence-corrected chi connectivity index (χ3v) is 6.79. The van der Waals surface area contributed by atoms with E-state index in [9.17, 15) is 9.65 Å². The summed E-state index contributed by atoms with van der Waals surface area (Å²) in [6, 6.07) is 6.05. The molecule has 0 bridgehead atoms. The normalized spacial score (nSPS) is 20.6. The fourth-order valence-electron chi connectivity index (χ4n) is 5.15. The Labute approximate surface area is 189 Å². The van der Waals surface area contributed by atoms with Gasteiger partial charge >= 0.3 is 0 Å². The van der Waals surface area contributed by atoms with Gasteiger partial charge in [-0.3, -0.25) is 9.58 Å². The molecule has 0 radical (unpaired) electrons. The predicted octanol–water partition coefficient (Wildman–Crippen LogP) is 3.06. The molecule has 0 fully saturated rings. The zero-order chi connectivity index (χ0) is 22.7. The smallest absolute Gasteiger partial charge is 0.208 e. The van der Waals surface area contributed by atoms with E-state index >= 15 is 0 Å². The van der Waals surface area contributed by atoms with Crippen molar-refractivity contribution in [2.75, 3.05) is 11.4 Å². The van der Waals surface area contributed by atoms with Gasteiger partial charge in [-0.05, 0) is 32.4 Å². The molecule has 168 valence electrons. The van der Waals surface area contributed by atoms with E-state index in [-0.39, 0.29) is 6.04 Å². The van der Waals surface area contributed by atoms with Gasteiger partial charge in [0.2, 0.25) is 5.89 Å². The summed E-state index contributed by atoms with van der Waals surface area (Å²) in [5, 5.41) is 18.4. The van der Waals surface area contributed by atoms with Crippen molar-refractivity contribution in [1.29, 1.82) is 5.26 Å². The summed E-state index contributed by atoms with van der Waals surface area (Å²) in [5.74, 6) is 0.285. The number of pyridine rings is 1. The highest BCUT2D eigenvalue weighted by Gasteiger charge is 2.34. The second-order valence-corrected chi connectivity index (χ2v) is 8.90. The minimum absolute atomic E-state index is 0.122. The van der Waals surface area contributed by atoms with Crippen molar-refractivity contribution < 1.29 is 8.81 Å². The fraction of sp³-hybridized carbons (Fsp3) is 0.391. The molecule has 0 aliphatic carbocycles. The summed E-state index contributed by atoms with van der Waals surface area (Å²) in [6.45, 7) is 7.06. The molecule has 2 aliphatic rings. The molecular weight excluding hydrogens is 423 g/mol. The maximum absolute atomic E-state index is 14.7. The topological polar surface area (TPSA) is 91.4 Å². The van der Waals surface area contributed by atoms with Gasteiger partial charge in [-0.25, -0.2) is 13.9 Å². The Hall–Kier alpha value is -3.71. The number of hydrogen-bond donors (Lipinski definition) is 0. The van der Waals surface area contributed by atoms with Crippen LogP contribution in [0.2, 0.25) is 0 Å². The number of anilines is 1. The van der Waals surface area contributed by atoms with E-state index < -0.39 is 5.82 Å². The molecule has 0 spiro atoms. The van der Waals surface area contributed by atoms with Crippen molar-refractivity contribution in [3.8, 4) is 6.07 Å². The van der Waals surface area contributed by atoms with Crippen LogP contribution in [-0.4, -0.2) is 41.9 Å². The molecule has 2 atom stereocenters. The molecule has 6 heterocycles. The van der Waals surface area contributed by atoms with Crippen LogP contribution in [0.5, 0.6) is 0 Å². The average molecular weight is 446 g/mol. The Balaban J connectivity index is 1.35. The quantitative estimate of drug-likeness (QED) is 0.478. The van der Waals surface area contributed by atoms with E-state index in [2.05, 4.69) is 44.5 Å². The van der Waals surface area contributed by atoms with Gasteiger partial charge in [0.1, 0.15) is 23.5 Å². The number of oxazole rings is 1. The highest BCUT2D eigenvalue weighted by Crippen LogP contribution is 2.35. The molecule has 4 aromatic rings. The summed E-state index contributed by atoms with van der Waals surface area (Å²) in [7, 11) is 0. The monoisotopic (exact) mass is 446 g/mol. The zero-order valence-corrected chi connectivity index (χ0v) is 18.4. The Kier molecular flexibility index (Phi) is 4.48. The van der Waals surface area contributed by atoms with Crippen LogP contribution >= 0.6 is 0 Å². The van der Waals surface area contributed by atoms with Gasteiger partial charge in [-0.15, -0.1) is 0 Å². The first-order valence-corrected chi connectivity index (χ1v) is 11.1. The van der Waals surface area contributed by atoms with E-state index in [0.717, 1.165) is 24.3 Å². The molecule has 10 heteroatoms. The van der Waals surface area contributed by atoms with E-state index in [4.69, 9.17) is 9.52 Å². The molecular formula is C23H23FN8O. The van der Waals surface area contributed by atoms with Crippen LogP contribution in [0.15, 0.2) is 35.2 Å². The van der Waals surface area contributed by atoms with Crippen molar-refractivity contribution in [3.05, 3.63) is 65.1 Å². The lowest BCUT2D eigenvalue weighted by molar-refractivity contribution is 0.156. The van der Waals surface area contributed by atoms with Crippen LogP contribution in [0, 0.1) is 17.1 Å². The van der Waals surface area contributed by atoms with Crippen molar-refractivity contribution in [1.82, 2.24) is 29.3 Å². The third kappa shape index (κ3) is 3.11. The zero-order valence-electron chi connectivity index (χ0n) is 18.4. The molecule has 0 saturated heterocycles.